The summed E-state index contributed by atoms with van der Waals surface area (Å²) >= 11 is 11.1. The van der Waals surface area contributed by atoms with E-state index in [4.69, 9.17) is 33.7 Å². The standard InChI is InChI=1S/C16H23ClFN3O2.C6H2ClF2NO2/c1-16(2,3)23-15(22)20-8-10-6-7-21(9-10)12-5-4-11(19)14(18)13(12)17;7-5-3(8)1-2-4(6(5)9)10(11)12/h4-5,10H,6-9,19H2,1-3H3,(H,20,22);1-2H. The zero-order valence-electron chi connectivity index (χ0n) is 19.2. The van der Waals surface area contributed by atoms with Gasteiger partial charge in [0.05, 0.1) is 16.3 Å². The van der Waals surface area contributed by atoms with E-state index in [9.17, 15) is 28.1 Å². The number of nitro benzene ring substituents is 1. The third-order valence-corrected chi connectivity index (χ3v) is 5.57. The van der Waals surface area contributed by atoms with Gasteiger partial charge in [0, 0.05) is 25.7 Å². The number of hydrogen-bond acceptors (Lipinski definition) is 6. The van der Waals surface area contributed by atoms with Gasteiger partial charge in [-0.15, -0.1) is 0 Å². The first-order chi connectivity index (χ1) is 16.2. The summed E-state index contributed by atoms with van der Waals surface area (Å²) in [5.41, 5.74) is 4.84. The van der Waals surface area contributed by atoms with Gasteiger partial charge in [-0.3, -0.25) is 10.1 Å². The lowest BCUT2D eigenvalue weighted by Gasteiger charge is -2.22. The highest BCUT2D eigenvalue weighted by Gasteiger charge is 2.26. The fourth-order valence-electron chi connectivity index (χ4n) is 3.22. The van der Waals surface area contributed by atoms with Crippen molar-refractivity contribution in [1.29, 1.82) is 0 Å². The predicted molar refractivity (Wildman–Crippen MR) is 128 cm³/mol. The maximum atomic E-state index is 13.8. The van der Waals surface area contributed by atoms with Gasteiger partial charge in [0.1, 0.15) is 21.5 Å². The predicted octanol–water partition coefficient (Wildman–Crippen LogP) is 5.94. The van der Waals surface area contributed by atoms with Crippen molar-refractivity contribution in [3.63, 3.8) is 0 Å². The number of rotatable bonds is 4. The minimum atomic E-state index is -1.35. The minimum absolute atomic E-state index is 0.0427. The van der Waals surface area contributed by atoms with E-state index < -0.39 is 44.8 Å². The number of anilines is 2. The number of nitrogens with zero attached hydrogens (tertiary/aromatic N) is 2. The van der Waals surface area contributed by atoms with Crippen LogP contribution < -0.4 is 16.0 Å². The number of nitrogens with one attached hydrogen (secondary N) is 1. The van der Waals surface area contributed by atoms with Gasteiger partial charge in [-0.25, -0.2) is 13.6 Å². The van der Waals surface area contributed by atoms with E-state index in [-0.39, 0.29) is 16.6 Å². The van der Waals surface area contributed by atoms with Gasteiger partial charge in [0.2, 0.25) is 5.82 Å². The van der Waals surface area contributed by atoms with Crippen LogP contribution in [0.1, 0.15) is 27.2 Å². The molecule has 1 fully saturated rings. The molecule has 0 radical (unpaired) electrons. The maximum Gasteiger partial charge on any atom is 0.407 e. The van der Waals surface area contributed by atoms with Gasteiger partial charge in [0.15, 0.2) is 5.82 Å². The first kappa shape index (κ1) is 28.3. The summed E-state index contributed by atoms with van der Waals surface area (Å²) in [6.45, 7) is 7.42. The topological polar surface area (TPSA) is 111 Å². The maximum absolute atomic E-state index is 13.8. The highest BCUT2D eigenvalue weighted by atomic mass is 35.5. The molecule has 3 rings (SSSR count). The second-order valence-corrected chi connectivity index (χ2v) is 9.49. The van der Waals surface area contributed by atoms with E-state index in [2.05, 4.69) is 5.32 Å². The Kier molecular flexibility index (Phi) is 9.45. The van der Waals surface area contributed by atoms with Crippen LogP contribution >= 0.6 is 23.2 Å². The zero-order valence-corrected chi connectivity index (χ0v) is 20.7. The monoisotopic (exact) mass is 536 g/mol. The number of amides is 1. The van der Waals surface area contributed by atoms with Gasteiger partial charge in [0.25, 0.3) is 0 Å². The number of carbonyl (C=O) groups excluding carboxylic acids is 1. The van der Waals surface area contributed by atoms with Crippen molar-refractivity contribution in [2.75, 3.05) is 30.3 Å². The van der Waals surface area contributed by atoms with Crippen LogP contribution in [0.5, 0.6) is 0 Å². The third-order valence-electron chi connectivity index (χ3n) is 4.86. The Labute approximate surface area is 210 Å². The molecule has 2 aromatic carbocycles. The van der Waals surface area contributed by atoms with E-state index in [0.29, 0.717) is 18.8 Å². The lowest BCUT2D eigenvalue weighted by molar-refractivity contribution is -0.387. The summed E-state index contributed by atoms with van der Waals surface area (Å²) < 4.78 is 44.1. The molecule has 1 heterocycles. The molecule has 13 heteroatoms. The van der Waals surface area contributed by atoms with Gasteiger partial charge in [-0.1, -0.05) is 23.2 Å². The van der Waals surface area contributed by atoms with Crippen molar-refractivity contribution >= 4 is 46.4 Å². The third kappa shape index (κ3) is 7.79. The first-order valence-electron chi connectivity index (χ1n) is 10.4. The van der Waals surface area contributed by atoms with Crippen molar-refractivity contribution < 1.29 is 27.6 Å². The SMILES string of the molecule is CC(C)(C)OC(=O)NCC1CCN(c2ccc(N)c(F)c2Cl)C1.O=[N+]([O-])c1ccc(F)c(Cl)c1F. The Bertz CT molecular complexity index is 1100. The van der Waals surface area contributed by atoms with Crippen LogP contribution in [-0.2, 0) is 4.74 Å². The van der Waals surface area contributed by atoms with Crippen LogP contribution in [0.25, 0.3) is 0 Å². The average Bonchev–Trinajstić information content (AvgIpc) is 3.22. The summed E-state index contributed by atoms with van der Waals surface area (Å²) in [4.78, 5) is 22.8. The Hall–Kier alpha value is -2.92. The fraction of sp³-hybridized carbons (Fsp3) is 0.409. The Morgan fingerprint density at radius 2 is 1.86 bits per heavy atom. The molecular formula is C22H25Cl2F3N4O4. The van der Waals surface area contributed by atoms with Gasteiger partial charge in [-0.05, 0) is 51.3 Å². The highest BCUT2D eigenvalue weighted by molar-refractivity contribution is 6.33. The van der Waals surface area contributed by atoms with Crippen LogP contribution in [0.3, 0.4) is 0 Å². The van der Waals surface area contributed by atoms with Crippen LogP contribution in [0.2, 0.25) is 10.0 Å². The number of halogens is 5. The molecule has 8 nitrogen and oxygen atoms in total. The van der Waals surface area contributed by atoms with Gasteiger partial charge >= 0.3 is 11.8 Å². The number of carbonyl (C=O) groups is 1. The molecule has 2 aromatic rings. The van der Waals surface area contributed by atoms with Crippen LogP contribution in [0, 0.1) is 33.5 Å². The summed E-state index contributed by atoms with van der Waals surface area (Å²) in [6, 6.07) is 4.70. The molecule has 1 unspecified atom stereocenters. The number of alkyl carbamates (subject to hydrolysis) is 1. The Morgan fingerprint density at radius 3 is 2.46 bits per heavy atom. The lowest BCUT2D eigenvalue weighted by atomic mass is 10.1. The highest BCUT2D eigenvalue weighted by Crippen LogP contribution is 2.34. The second kappa shape index (κ2) is 11.7. The molecule has 1 saturated heterocycles. The van der Waals surface area contributed by atoms with E-state index >= 15 is 0 Å². The van der Waals surface area contributed by atoms with Gasteiger partial charge in [-0.2, -0.15) is 4.39 Å². The summed E-state index contributed by atoms with van der Waals surface area (Å²) in [6.07, 6.45) is 0.463. The molecule has 1 atom stereocenters. The Balaban J connectivity index is 0.000000303. The number of ether oxygens (including phenoxy) is 1. The molecule has 0 saturated carbocycles. The lowest BCUT2D eigenvalue weighted by Crippen LogP contribution is -2.36. The summed E-state index contributed by atoms with van der Waals surface area (Å²) in [5, 5.41) is 12.0. The van der Waals surface area contributed by atoms with Gasteiger partial charge < -0.3 is 20.7 Å². The van der Waals surface area contributed by atoms with Crippen LogP contribution in [-0.4, -0.2) is 36.3 Å². The first-order valence-corrected chi connectivity index (χ1v) is 11.2. The molecule has 1 aliphatic heterocycles. The largest absolute Gasteiger partial charge is 0.444 e. The number of nitrogens with two attached hydrogens (primary N) is 1. The molecular weight excluding hydrogens is 512 g/mol. The van der Waals surface area contributed by atoms with Crippen LogP contribution in [0.4, 0.5) is 35.0 Å². The fourth-order valence-corrected chi connectivity index (χ4v) is 3.67. The van der Waals surface area contributed by atoms with Crippen molar-refractivity contribution in [1.82, 2.24) is 5.32 Å². The smallest absolute Gasteiger partial charge is 0.407 e. The van der Waals surface area contributed by atoms with Crippen molar-refractivity contribution in [2.45, 2.75) is 32.8 Å². The molecule has 1 amide bonds. The number of nitrogen functional groups attached to an aromatic ring is 1. The molecule has 35 heavy (non-hydrogen) atoms. The normalized spacial score (nSPS) is 15.3. The molecule has 0 aromatic heterocycles. The van der Waals surface area contributed by atoms with E-state index in [1.165, 1.54) is 6.07 Å². The number of benzene rings is 2. The molecule has 192 valence electrons. The number of hydrogen-bond donors (Lipinski definition) is 2. The minimum Gasteiger partial charge on any atom is -0.444 e. The van der Waals surface area contributed by atoms with Crippen molar-refractivity contribution in [3.05, 3.63) is 61.9 Å². The van der Waals surface area contributed by atoms with E-state index in [1.54, 1.807) is 6.07 Å². The van der Waals surface area contributed by atoms with Crippen molar-refractivity contribution in [3.8, 4) is 0 Å². The zero-order chi connectivity index (χ0) is 26.5. The molecule has 0 bridgehead atoms. The average molecular weight is 537 g/mol. The Morgan fingerprint density at radius 1 is 1.20 bits per heavy atom. The molecule has 1 aliphatic rings. The number of nitro groups is 1. The van der Waals surface area contributed by atoms with Crippen LogP contribution in [0.15, 0.2) is 24.3 Å². The van der Waals surface area contributed by atoms with E-state index in [0.717, 1.165) is 25.1 Å². The molecule has 0 aliphatic carbocycles. The summed E-state index contributed by atoms with van der Waals surface area (Å²) in [5.74, 6) is -2.68. The second-order valence-electron chi connectivity index (χ2n) is 8.74. The summed E-state index contributed by atoms with van der Waals surface area (Å²) in [7, 11) is 0. The quantitative estimate of drug-likeness (QED) is 0.216. The molecule has 0 spiro atoms. The molecule has 3 N–H and O–H groups in total. The van der Waals surface area contributed by atoms with E-state index in [1.807, 2.05) is 25.7 Å². The van der Waals surface area contributed by atoms with Crippen molar-refractivity contribution in [2.24, 2.45) is 5.92 Å².